The molecule has 0 spiro atoms. The monoisotopic (exact) mass is 507 g/mol. The number of carbonyl (C=O) groups excluding carboxylic acids is 1. The lowest BCUT2D eigenvalue weighted by Crippen LogP contribution is -2.46. The molecule has 184 valence electrons. The summed E-state index contributed by atoms with van der Waals surface area (Å²) in [5.74, 6) is 0. The second-order valence-corrected chi connectivity index (χ2v) is 16.1. The van der Waals surface area contributed by atoms with Gasteiger partial charge in [0.05, 0.1) is 28.8 Å². The maximum Gasteiger partial charge on any atom is 0.410 e. The molecule has 6 nitrogen and oxygen atoms in total. The van der Waals surface area contributed by atoms with E-state index in [1.54, 1.807) is 39.0 Å². The Morgan fingerprint density at radius 3 is 2.19 bits per heavy atom. The largest absolute Gasteiger partial charge is 0.444 e. The van der Waals surface area contributed by atoms with Gasteiger partial charge in [-0.05, 0) is 63.0 Å². The van der Waals surface area contributed by atoms with Crippen LogP contribution in [0.25, 0.3) is 0 Å². The number of amides is 1. The fourth-order valence-electron chi connectivity index (χ4n) is 2.89. The lowest BCUT2D eigenvalue weighted by molar-refractivity contribution is -0.0152. The van der Waals surface area contributed by atoms with Crippen LogP contribution in [-0.2, 0) is 9.16 Å². The van der Waals surface area contributed by atoms with E-state index in [0.717, 1.165) is 0 Å². The smallest absolute Gasteiger partial charge is 0.410 e. The Balaban J connectivity index is 3.23. The fourth-order valence-corrected chi connectivity index (χ4v) is 4.26. The predicted octanol–water partition coefficient (Wildman–Crippen LogP) is 6.04. The van der Waals surface area contributed by atoms with Crippen LogP contribution in [0.1, 0.15) is 59.6 Å². The van der Waals surface area contributed by atoms with E-state index in [9.17, 15) is 15.0 Å². The molecule has 1 rings (SSSR count). The normalized spacial score (nSPS) is 14.8. The first-order chi connectivity index (χ1) is 14.5. The Morgan fingerprint density at radius 2 is 1.72 bits per heavy atom. The van der Waals surface area contributed by atoms with Crippen LogP contribution in [0.3, 0.4) is 0 Å². The van der Waals surface area contributed by atoms with E-state index in [4.69, 9.17) is 32.4 Å². The molecule has 1 amide bonds. The molecule has 0 bridgehead atoms. The van der Waals surface area contributed by atoms with Crippen LogP contribution in [0.15, 0.2) is 18.2 Å². The van der Waals surface area contributed by atoms with Gasteiger partial charge in [0.25, 0.3) is 0 Å². The third-order valence-electron chi connectivity index (χ3n) is 5.64. The fraction of sp³-hybridized carbons (Fsp3) is 0.696. The molecule has 9 heteroatoms. The van der Waals surface area contributed by atoms with E-state index in [1.165, 1.54) is 4.90 Å². The maximum atomic E-state index is 13.0. The van der Waals surface area contributed by atoms with E-state index in [0.29, 0.717) is 28.6 Å². The second kappa shape index (κ2) is 11.5. The summed E-state index contributed by atoms with van der Waals surface area (Å²) in [6.45, 7) is 16.1. The summed E-state index contributed by atoms with van der Waals surface area (Å²) >= 11 is 12.3. The van der Waals surface area contributed by atoms with Crippen LogP contribution in [0.5, 0.6) is 0 Å². The Morgan fingerprint density at radius 1 is 1.12 bits per heavy atom. The molecular weight excluding hydrogens is 469 g/mol. The minimum absolute atomic E-state index is 0.0139. The standard InChI is InChI=1S/C23H39Cl2NO5Si/c1-22(2,3)31-21(29)26(12-13-27)20(16-9-10-17(24)18(25)15-16)19(28)11-14-30-32(7,8)23(4,5)6/h9-10,15,19-20,27-28H,11-14H2,1-8H3/t19-,20?/m1/s1. The summed E-state index contributed by atoms with van der Waals surface area (Å²) in [7, 11) is -1.99. The van der Waals surface area contributed by atoms with Gasteiger partial charge in [-0.3, -0.25) is 4.90 Å². The number of halogens is 2. The van der Waals surface area contributed by atoms with E-state index in [2.05, 4.69) is 33.9 Å². The maximum absolute atomic E-state index is 13.0. The third-order valence-corrected chi connectivity index (χ3v) is 10.9. The highest BCUT2D eigenvalue weighted by atomic mass is 35.5. The molecule has 0 fully saturated rings. The van der Waals surface area contributed by atoms with Gasteiger partial charge in [0, 0.05) is 13.2 Å². The number of aliphatic hydroxyl groups is 2. The summed E-state index contributed by atoms with van der Waals surface area (Å²) in [6, 6.07) is 4.17. The van der Waals surface area contributed by atoms with Crippen molar-refractivity contribution in [2.45, 2.75) is 83.8 Å². The van der Waals surface area contributed by atoms with Crippen molar-refractivity contribution in [3.63, 3.8) is 0 Å². The second-order valence-electron chi connectivity index (χ2n) is 10.5. The van der Waals surface area contributed by atoms with E-state index < -0.39 is 32.2 Å². The van der Waals surface area contributed by atoms with Crippen LogP contribution >= 0.6 is 23.2 Å². The molecular formula is C23H39Cl2NO5Si. The number of benzene rings is 1. The molecule has 0 aliphatic heterocycles. The zero-order chi connectivity index (χ0) is 24.9. The van der Waals surface area contributed by atoms with Gasteiger partial charge in [-0.2, -0.15) is 0 Å². The van der Waals surface area contributed by atoms with Crippen LogP contribution < -0.4 is 0 Å². The number of ether oxygens (including phenoxy) is 1. The number of rotatable bonds is 9. The molecule has 0 aliphatic rings. The quantitative estimate of drug-likeness (QED) is 0.398. The van der Waals surface area contributed by atoms with Crippen molar-refractivity contribution in [3.05, 3.63) is 33.8 Å². The topological polar surface area (TPSA) is 79.2 Å². The minimum atomic E-state index is -1.99. The van der Waals surface area contributed by atoms with Crippen LogP contribution in [0.4, 0.5) is 4.79 Å². The first-order valence-electron chi connectivity index (χ1n) is 10.9. The summed E-state index contributed by atoms with van der Waals surface area (Å²) in [5.41, 5.74) is -0.137. The zero-order valence-electron chi connectivity index (χ0n) is 20.5. The van der Waals surface area contributed by atoms with E-state index in [-0.39, 0.29) is 18.2 Å². The summed E-state index contributed by atoms with van der Waals surface area (Å²) < 4.78 is 11.8. The molecule has 0 aliphatic carbocycles. The van der Waals surface area contributed by atoms with Gasteiger partial charge in [0.2, 0.25) is 0 Å². The first-order valence-corrected chi connectivity index (χ1v) is 14.5. The van der Waals surface area contributed by atoms with E-state index >= 15 is 0 Å². The highest BCUT2D eigenvalue weighted by Gasteiger charge is 2.38. The third kappa shape index (κ3) is 8.50. The minimum Gasteiger partial charge on any atom is -0.444 e. The van der Waals surface area contributed by atoms with Gasteiger partial charge in [-0.1, -0.05) is 50.0 Å². The van der Waals surface area contributed by atoms with Crippen LogP contribution in [0, 0.1) is 0 Å². The van der Waals surface area contributed by atoms with Crippen molar-refractivity contribution in [1.82, 2.24) is 4.90 Å². The Kier molecular flexibility index (Phi) is 10.5. The number of aliphatic hydroxyl groups excluding tert-OH is 2. The van der Waals surface area contributed by atoms with Gasteiger partial charge < -0.3 is 19.4 Å². The molecule has 0 heterocycles. The SMILES string of the molecule is CC(C)(C)OC(=O)N(CCO)C(c1ccc(Cl)c(Cl)c1)[C@H](O)CCO[Si](C)(C)C(C)(C)C. The molecule has 2 atom stereocenters. The van der Waals surface area contributed by atoms with Crippen molar-refractivity contribution in [1.29, 1.82) is 0 Å². The average Bonchev–Trinajstić information content (AvgIpc) is 2.61. The van der Waals surface area contributed by atoms with Crippen LogP contribution in [0.2, 0.25) is 28.2 Å². The first kappa shape index (κ1) is 29.2. The highest BCUT2D eigenvalue weighted by molar-refractivity contribution is 6.74. The van der Waals surface area contributed by atoms with Crippen molar-refractivity contribution >= 4 is 37.6 Å². The molecule has 1 unspecified atom stereocenters. The Hall–Kier alpha value is -0.833. The number of nitrogens with zero attached hydrogens (tertiary/aromatic N) is 1. The number of carbonyl (C=O) groups is 1. The lowest BCUT2D eigenvalue weighted by atomic mass is 9.97. The number of hydrogen-bond donors (Lipinski definition) is 2. The number of hydrogen-bond acceptors (Lipinski definition) is 5. The molecule has 1 aromatic carbocycles. The van der Waals surface area contributed by atoms with E-state index in [1.807, 2.05) is 0 Å². The van der Waals surface area contributed by atoms with Crippen LogP contribution in [-0.4, -0.2) is 61.0 Å². The summed E-state index contributed by atoms with van der Waals surface area (Å²) in [4.78, 5) is 14.3. The van der Waals surface area contributed by atoms with Gasteiger partial charge in [0.15, 0.2) is 8.32 Å². The molecule has 0 aromatic heterocycles. The molecule has 1 aromatic rings. The van der Waals surface area contributed by atoms with Crippen molar-refractivity contribution in [2.24, 2.45) is 0 Å². The molecule has 0 saturated heterocycles. The molecule has 0 radical (unpaired) electrons. The summed E-state index contributed by atoms with van der Waals surface area (Å²) in [6.07, 6.45) is -1.31. The van der Waals surface area contributed by atoms with Crippen molar-refractivity contribution in [3.8, 4) is 0 Å². The van der Waals surface area contributed by atoms with Gasteiger partial charge in [-0.25, -0.2) is 4.79 Å². The average molecular weight is 509 g/mol. The molecule has 32 heavy (non-hydrogen) atoms. The van der Waals surface area contributed by atoms with Gasteiger partial charge >= 0.3 is 6.09 Å². The highest BCUT2D eigenvalue weighted by Crippen LogP contribution is 2.37. The predicted molar refractivity (Wildman–Crippen MR) is 133 cm³/mol. The Labute approximate surface area is 203 Å². The van der Waals surface area contributed by atoms with Gasteiger partial charge in [0.1, 0.15) is 5.60 Å². The molecule has 2 N–H and O–H groups in total. The molecule has 0 saturated carbocycles. The lowest BCUT2D eigenvalue weighted by Gasteiger charge is -2.38. The van der Waals surface area contributed by atoms with Gasteiger partial charge in [-0.15, -0.1) is 0 Å². The zero-order valence-corrected chi connectivity index (χ0v) is 23.0. The van der Waals surface area contributed by atoms with Crippen molar-refractivity contribution < 1.29 is 24.2 Å². The Bertz CT molecular complexity index is 762. The van der Waals surface area contributed by atoms with Crippen molar-refractivity contribution in [2.75, 3.05) is 19.8 Å². The summed E-state index contributed by atoms with van der Waals surface area (Å²) in [5, 5.41) is 21.6.